The van der Waals surface area contributed by atoms with Gasteiger partial charge in [-0.3, -0.25) is 5.43 Å². The summed E-state index contributed by atoms with van der Waals surface area (Å²) in [5, 5.41) is 22.4. The fraction of sp³-hybridized carbons (Fsp3) is 0.481. The van der Waals surface area contributed by atoms with Crippen LogP contribution in [0.2, 0.25) is 0 Å². The molecule has 2 aromatic rings. The lowest BCUT2D eigenvalue weighted by atomic mass is 9.66. The molecule has 6 heteroatoms. The third-order valence-electron chi connectivity index (χ3n) is 7.47. The number of hydrogen-bond acceptors (Lipinski definition) is 5. The maximum absolute atomic E-state index is 15.3. The quantitative estimate of drug-likeness (QED) is 0.631. The molecule has 0 radical (unpaired) electrons. The molecule has 1 aliphatic heterocycles. The largest absolute Gasteiger partial charge is 0.316 e. The zero-order valence-electron chi connectivity index (χ0n) is 19.7. The molecule has 1 saturated carbocycles. The maximum Gasteiger partial charge on any atom is 0.127 e. The number of rotatable bonds is 5. The Bertz CT molecular complexity index is 1070. The predicted octanol–water partition coefficient (Wildman–Crippen LogP) is 4.51. The highest BCUT2D eigenvalue weighted by Crippen LogP contribution is 2.48. The van der Waals surface area contributed by atoms with Gasteiger partial charge in [-0.2, -0.15) is 10.5 Å². The van der Waals surface area contributed by atoms with Gasteiger partial charge in [0, 0.05) is 18.5 Å². The number of halogens is 1. The van der Waals surface area contributed by atoms with Gasteiger partial charge in [0.25, 0.3) is 0 Å². The number of hydrazine groups is 1. The SMILES string of the molecule is CNCc1cc(C)c(C2CC3C(CC2C#N)NNC3c2ccc(C(C)(C)C#N)cc2)c(F)c1. The molecule has 3 N–H and O–H groups in total. The standard InChI is InChI=1S/C27H32FN5/c1-16-9-17(14-31-4)10-23(28)25(16)21-12-22-24(11-19(21)13-29)32-33-26(22)18-5-7-20(8-6-18)27(2,3)15-30/h5-10,19,21-22,24,26,31-33H,11-12,14H2,1-4H3. The molecule has 4 rings (SSSR count). The van der Waals surface area contributed by atoms with Crippen LogP contribution in [0.5, 0.6) is 0 Å². The van der Waals surface area contributed by atoms with Crippen molar-refractivity contribution in [1.82, 2.24) is 16.2 Å². The van der Waals surface area contributed by atoms with E-state index in [1.54, 1.807) is 6.07 Å². The summed E-state index contributed by atoms with van der Waals surface area (Å²) in [7, 11) is 1.85. The van der Waals surface area contributed by atoms with Gasteiger partial charge in [-0.25, -0.2) is 9.82 Å². The Morgan fingerprint density at radius 3 is 2.45 bits per heavy atom. The topological polar surface area (TPSA) is 83.7 Å². The molecule has 5 atom stereocenters. The van der Waals surface area contributed by atoms with Crippen LogP contribution >= 0.6 is 0 Å². The van der Waals surface area contributed by atoms with E-state index >= 15 is 4.39 Å². The number of nitrogens with zero attached hydrogens (tertiary/aromatic N) is 2. The third kappa shape index (κ3) is 4.39. The van der Waals surface area contributed by atoms with Crippen LogP contribution in [0.1, 0.15) is 66.5 Å². The lowest BCUT2D eigenvalue weighted by Gasteiger charge is -2.37. The van der Waals surface area contributed by atoms with Crippen LogP contribution in [0, 0.1) is 47.2 Å². The number of nitrogens with one attached hydrogen (secondary N) is 3. The number of nitriles is 2. The van der Waals surface area contributed by atoms with Crippen LogP contribution in [0.4, 0.5) is 4.39 Å². The van der Waals surface area contributed by atoms with Crippen LogP contribution in [0.25, 0.3) is 0 Å². The van der Waals surface area contributed by atoms with E-state index in [1.807, 2.05) is 46.0 Å². The predicted molar refractivity (Wildman–Crippen MR) is 126 cm³/mol. The van der Waals surface area contributed by atoms with Crippen molar-refractivity contribution in [3.8, 4) is 12.1 Å². The molecule has 1 saturated heterocycles. The summed E-state index contributed by atoms with van der Waals surface area (Å²) in [6.45, 7) is 6.40. The Morgan fingerprint density at radius 2 is 1.85 bits per heavy atom. The lowest BCUT2D eigenvalue weighted by molar-refractivity contribution is 0.234. The molecule has 0 bridgehead atoms. The summed E-state index contributed by atoms with van der Waals surface area (Å²) < 4.78 is 15.3. The molecule has 1 heterocycles. The van der Waals surface area contributed by atoms with E-state index in [2.05, 4.69) is 40.4 Å². The van der Waals surface area contributed by atoms with Crippen molar-refractivity contribution in [2.24, 2.45) is 11.8 Å². The second-order valence-corrected chi connectivity index (χ2v) is 10.0. The molecule has 172 valence electrons. The van der Waals surface area contributed by atoms with Gasteiger partial charge in [-0.05, 0) is 80.5 Å². The molecule has 0 amide bonds. The Morgan fingerprint density at radius 1 is 1.12 bits per heavy atom. The van der Waals surface area contributed by atoms with E-state index in [0.29, 0.717) is 18.5 Å². The minimum absolute atomic E-state index is 0.0725. The normalized spacial score (nSPS) is 26.9. The average molecular weight is 446 g/mol. The van der Waals surface area contributed by atoms with E-state index in [4.69, 9.17) is 0 Å². The number of fused-ring (bicyclic) bond motifs is 1. The van der Waals surface area contributed by atoms with Crippen LogP contribution in [-0.2, 0) is 12.0 Å². The summed E-state index contributed by atoms with van der Waals surface area (Å²) in [4.78, 5) is 0. The Kier molecular flexibility index (Phi) is 6.54. The Balaban J connectivity index is 1.63. The highest BCUT2D eigenvalue weighted by Gasteiger charge is 2.46. The van der Waals surface area contributed by atoms with E-state index in [9.17, 15) is 10.5 Å². The van der Waals surface area contributed by atoms with Crippen molar-refractivity contribution in [3.05, 3.63) is 70.0 Å². The van der Waals surface area contributed by atoms with Gasteiger partial charge >= 0.3 is 0 Å². The fourth-order valence-electron chi connectivity index (χ4n) is 5.64. The van der Waals surface area contributed by atoms with Gasteiger partial charge in [-0.1, -0.05) is 30.3 Å². The molecule has 1 aliphatic carbocycles. The van der Waals surface area contributed by atoms with Gasteiger partial charge in [0.1, 0.15) is 5.82 Å². The summed E-state index contributed by atoms with van der Waals surface area (Å²) in [6.07, 6.45) is 1.42. The summed E-state index contributed by atoms with van der Waals surface area (Å²) in [5.74, 6) is -0.338. The Labute approximate surface area is 196 Å². The summed E-state index contributed by atoms with van der Waals surface area (Å²) in [5.41, 5.74) is 11.0. The van der Waals surface area contributed by atoms with Gasteiger partial charge < -0.3 is 5.32 Å². The van der Waals surface area contributed by atoms with Crippen molar-refractivity contribution in [2.75, 3.05) is 7.05 Å². The highest BCUT2D eigenvalue weighted by atomic mass is 19.1. The monoisotopic (exact) mass is 445 g/mol. The van der Waals surface area contributed by atoms with Crippen molar-refractivity contribution in [3.63, 3.8) is 0 Å². The summed E-state index contributed by atoms with van der Waals surface area (Å²) >= 11 is 0. The molecule has 5 nitrogen and oxygen atoms in total. The zero-order valence-corrected chi connectivity index (χ0v) is 19.7. The first-order valence-electron chi connectivity index (χ1n) is 11.6. The molecular formula is C27H32FN5. The van der Waals surface area contributed by atoms with Gasteiger partial charge in [0.05, 0.1) is 29.5 Å². The fourth-order valence-corrected chi connectivity index (χ4v) is 5.64. The molecule has 0 spiro atoms. The van der Waals surface area contributed by atoms with E-state index in [0.717, 1.165) is 28.7 Å². The minimum Gasteiger partial charge on any atom is -0.316 e. The first kappa shape index (κ1) is 23.4. The van der Waals surface area contributed by atoms with E-state index in [-0.39, 0.29) is 35.7 Å². The van der Waals surface area contributed by atoms with E-state index < -0.39 is 5.41 Å². The Hall–Kier alpha value is -2.77. The number of hydrogen-bond donors (Lipinski definition) is 3. The van der Waals surface area contributed by atoms with Crippen molar-refractivity contribution >= 4 is 0 Å². The third-order valence-corrected chi connectivity index (χ3v) is 7.47. The average Bonchev–Trinajstić information content (AvgIpc) is 3.21. The molecule has 2 aromatic carbocycles. The van der Waals surface area contributed by atoms with Crippen LogP contribution in [0.15, 0.2) is 36.4 Å². The van der Waals surface area contributed by atoms with Crippen molar-refractivity contribution in [2.45, 2.75) is 63.6 Å². The molecule has 5 unspecified atom stereocenters. The van der Waals surface area contributed by atoms with Gasteiger partial charge in [0.2, 0.25) is 0 Å². The smallest absolute Gasteiger partial charge is 0.127 e. The van der Waals surface area contributed by atoms with Crippen LogP contribution in [0.3, 0.4) is 0 Å². The molecule has 33 heavy (non-hydrogen) atoms. The second kappa shape index (κ2) is 9.23. The molecule has 0 aromatic heterocycles. The molecule has 2 fully saturated rings. The highest BCUT2D eigenvalue weighted by molar-refractivity contribution is 5.38. The summed E-state index contributed by atoms with van der Waals surface area (Å²) in [6, 6.07) is 16.9. The number of benzene rings is 2. The van der Waals surface area contributed by atoms with Crippen molar-refractivity contribution < 1.29 is 4.39 Å². The maximum atomic E-state index is 15.3. The second-order valence-electron chi connectivity index (χ2n) is 10.0. The first-order valence-corrected chi connectivity index (χ1v) is 11.6. The van der Waals surface area contributed by atoms with E-state index in [1.165, 1.54) is 0 Å². The van der Waals surface area contributed by atoms with Crippen LogP contribution < -0.4 is 16.2 Å². The molecule has 2 aliphatic rings. The molecular weight excluding hydrogens is 413 g/mol. The lowest BCUT2D eigenvalue weighted by Crippen LogP contribution is -2.39. The van der Waals surface area contributed by atoms with Gasteiger partial charge in [0.15, 0.2) is 0 Å². The first-order chi connectivity index (χ1) is 15.8. The number of aryl methyl sites for hydroxylation is 1. The minimum atomic E-state index is -0.535. The van der Waals surface area contributed by atoms with Gasteiger partial charge in [-0.15, -0.1) is 0 Å². The van der Waals surface area contributed by atoms with Crippen LogP contribution in [-0.4, -0.2) is 13.1 Å². The zero-order chi connectivity index (χ0) is 23.8. The van der Waals surface area contributed by atoms with Crippen molar-refractivity contribution in [1.29, 1.82) is 10.5 Å².